The van der Waals surface area contributed by atoms with Crippen molar-refractivity contribution >= 4 is 40.0 Å². The molecule has 0 atom stereocenters. The van der Waals surface area contributed by atoms with Gasteiger partial charge in [0.25, 0.3) is 0 Å². The van der Waals surface area contributed by atoms with Gasteiger partial charge in [0.05, 0.1) is 5.69 Å². The van der Waals surface area contributed by atoms with Gasteiger partial charge in [-0.25, -0.2) is 4.99 Å². The largest absolute Gasteiger partial charge is 0.383 e. The van der Waals surface area contributed by atoms with Crippen LogP contribution in [0.3, 0.4) is 0 Å². The Kier molecular flexibility index (Phi) is 5.20. The maximum absolute atomic E-state index is 5.95. The summed E-state index contributed by atoms with van der Waals surface area (Å²) in [6, 6.07) is 16.2. The normalized spacial score (nSPS) is 14.9. The van der Waals surface area contributed by atoms with Crippen LogP contribution in [0.2, 0.25) is 0 Å². The lowest BCUT2D eigenvalue weighted by Gasteiger charge is -2.02. The molecule has 0 bridgehead atoms. The molecule has 0 saturated carbocycles. The summed E-state index contributed by atoms with van der Waals surface area (Å²) in [7, 11) is 1.99. The number of benzene rings is 2. The summed E-state index contributed by atoms with van der Waals surface area (Å²) in [4.78, 5) is 5.13. The molecule has 2 heterocycles. The standard InChI is InChI=1S/C19H17N5S.BrH/c1-12-7-9-13(10-8-12)16-11-25-19(24(16)2)23-22-18-15-6-4-3-5-14(15)17(20)21-18;/h3-11H,1-2H3,(H2,20,21,22);1H/b23-19-;. The summed E-state index contributed by atoms with van der Waals surface area (Å²) in [6.45, 7) is 2.08. The monoisotopic (exact) mass is 427 g/mol. The average molecular weight is 428 g/mol. The fraction of sp³-hybridized carbons (Fsp3) is 0.105. The number of nitrogens with zero attached hydrogens (tertiary/aromatic N) is 4. The Balaban J connectivity index is 0.00000196. The number of aryl methyl sites for hydroxylation is 1. The molecule has 0 unspecified atom stereocenters. The highest BCUT2D eigenvalue weighted by atomic mass is 79.9. The van der Waals surface area contributed by atoms with Crippen molar-refractivity contribution in [2.75, 3.05) is 0 Å². The van der Waals surface area contributed by atoms with Gasteiger partial charge in [0.2, 0.25) is 4.80 Å². The molecular weight excluding hydrogens is 410 g/mol. The number of hydrogen-bond acceptors (Lipinski definition) is 4. The number of amidine groups is 2. The zero-order valence-corrected chi connectivity index (χ0v) is 16.9. The number of nitrogens with two attached hydrogens (primary N) is 1. The van der Waals surface area contributed by atoms with Crippen LogP contribution in [-0.2, 0) is 7.05 Å². The van der Waals surface area contributed by atoms with Crippen LogP contribution in [0, 0.1) is 6.92 Å². The molecule has 1 aliphatic heterocycles. The molecule has 2 N–H and O–H groups in total. The van der Waals surface area contributed by atoms with Gasteiger partial charge in [0, 0.05) is 23.6 Å². The maximum atomic E-state index is 5.95. The van der Waals surface area contributed by atoms with Crippen molar-refractivity contribution in [3.8, 4) is 11.3 Å². The quantitative estimate of drug-likeness (QED) is 0.623. The highest BCUT2D eigenvalue weighted by Crippen LogP contribution is 2.20. The van der Waals surface area contributed by atoms with Crippen molar-refractivity contribution in [2.45, 2.75) is 6.92 Å². The number of halogens is 1. The van der Waals surface area contributed by atoms with E-state index in [2.05, 4.69) is 51.8 Å². The zero-order valence-electron chi connectivity index (χ0n) is 14.4. The number of aromatic nitrogens is 1. The molecule has 0 radical (unpaired) electrons. The molecule has 1 aromatic heterocycles. The van der Waals surface area contributed by atoms with Gasteiger partial charge in [0.1, 0.15) is 5.84 Å². The second-order valence-electron chi connectivity index (χ2n) is 5.89. The van der Waals surface area contributed by atoms with Crippen molar-refractivity contribution in [2.24, 2.45) is 28.0 Å². The number of aliphatic imine (C=N–C) groups is 1. The van der Waals surface area contributed by atoms with E-state index in [1.54, 1.807) is 11.3 Å². The number of thiazole rings is 1. The van der Waals surface area contributed by atoms with Crippen LogP contribution in [0.15, 0.2) is 69.1 Å². The van der Waals surface area contributed by atoms with E-state index >= 15 is 0 Å². The second kappa shape index (κ2) is 7.39. The molecule has 0 spiro atoms. The van der Waals surface area contributed by atoms with Crippen LogP contribution in [0.25, 0.3) is 11.3 Å². The minimum Gasteiger partial charge on any atom is -0.383 e. The first-order chi connectivity index (χ1) is 12.1. The summed E-state index contributed by atoms with van der Waals surface area (Å²) in [5.74, 6) is 1.04. The van der Waals surface area contributed by atoms with Gasteiger partial charge in [-0.3, -0.25) is 0 Å². The fourth-order valence-electron chi connectivity index (χ4n) is 2.75. The van der Waals surface area contributed by atoms with E-state index < -0.39 is 0 Å². The van der Waals surface area contributed by atoms with Crippen LogP contribution in [-0.4, -0.2) is 16.2 Å². The molecule has 7 heteroatoms. The van der Waals surface area contributed by atoms with Gasteiger partial charge < -0.3 is 10.3 Å². The van der Waals surface area contributed by atoms with Crippen LogP contribution in [0.4, 0.5) is 0 Å². The fourth-order valence-corrected chi connectivity index (χ4v) is 3.60. The first-order valence-electron chi connectivity index (χ1n) is 7.90. The number of rotatable bonds is 2. The molecule has 1 aliphatic rings. The van der Waals surface area contributed by atoms with Crippen molar-refractivity contribution in [1.29, 1.82) is 0 Å². The van der Waals surface area contributed by atoms with Gasteiger partial charge in [-0.15, -0.1) is 38.5 Å². The van der Waals surface area contributed by atoms with Crippen molar-refractivity contribution < 1.29 is 0 Å². The first kappa shape index (κ1) is 18.3. The van der Waals surface area contributed by atoms with Crippen LogP contribution < -0.4 is 10.5 Å². The Morgan fingerprint density at radius 1 is 1.00 bits per heavy atom. The third kappa shape index (κ3) is 3.27. The van der Waals surface area contributed by atoms with Gasteiger partial charge in [-0.05, 0) is 12.5 Å². The summed E-state index contributed by atoms with van der Waals surface area (Å²) >= 11 is 1.55. The molecule has 5 nitrogen and oxygen atoms in total. The van der Waals surface area contributed by atoms with E-state index in [0.717, 1.165) is 27.2 Å². The van der Waals surface area contributed by atoms with Crippen LogP contribution >= 0.6 is 28.3 Å². The summed E-state index contributed by atoms with van der Waals surface area (Å²) < 4.78 is 2.04. The molecule has 0 saturated heterocycles. The highest BCUT2D eigenvalue weighted by Gasteiger charge is 2.18. The number of fused-ring (bicyclic) bond motifs is 1. The van der Waals surface area contributed by atoms with Crippen molar-refractivity contribution in [1.82, 2.24) is 4.57 Å². The SMILES string of the molecule is Br.Cc1ccc(-c2cs/c(=N\N=C3/N=C(N)c4ccccc43)n2C)cc1. The maximum Gasteiger partial charge on any atom is 0.210 e. The smallest absolute Gasteiger partial charge is 0.210 e. The van der Waals surface area contributed by atoms with E-state index in [1.165, 1.54) is 5.56 Å². The second-order valence-corrected chi connectivity index (χ2v) is 6.73. The lowest BCUT2D eigenvalue weighted by atomic mass is 10.1. The minimum atomic E-state index is 0. The average Bonchev–Trinajstić information content (AvgIpc) is 3.15. The zero-order chi connectivity index (χ0) is 17.4. The predicted octanol–water partition coefficient (Wildman–Crippen LogP) is 3.62. The summed E-state index contributed by atoms with van der Waals surface area (Å²) in [5, 5.41) is 10.8. The Hall–Kier alpha value is -2.51. The van der Waals surface area contributed by atoms with E-state index in [9.17, 15) is 0 Å². The van der Waals surface area contributed by atoms with Crippen molar-refractivity contribution in [3.63, 3.8) is 0 Å². The van der Waals surface area contributed by atoms with Gasteiger partial charge >= 0.3 is 0 Å². The Morgan fingerprint density at radius 2 is 1.69 bits per heavy atom. The highest BCUT2D eigenvalue weighted by molar-refractivity contribution is 8.93. The molecule has 0 amide bonds. The van der Waals surface area contributed by atoms with Gasteiger partial charge in [-0.1, -0.05) is 54.1 Å². The summed E-state index contributed by atoms with van der Waals surface area (Å²) in [5.41, 5.74) is 11.3. The third-order valence-electron chi connectivity index (χ3n) is 4.17. The first-order valence-corrected chi connectivity index (χ1v) is 8.78. The molecule has 2 aromatic carbocycles. The van der Waals surface area contributed by atoms with E-state index in [-0.39, 0.29) is 17.0 Å². The van der Waals surface area contributed by atoms with E-state index in [4.69, 9.17) is 5.73 Å². The van der Waals surface area contributed by atoms with Crippen LogP contribution in [0.1, 0.15) is 16.7 Å². The lowest BCUT2D eigenvalue weighted by molar-refractivity contribution is 0.862. The van der Waals surface area contributed by atoms with Crippen molar-refractivity contribution in [3.05, 3.63) is 75.4 Å². The lowest BCUT2D eigenvalue weighted by Crippen LogP contribution is -2.11. The topological polar surface area (TPSA) is 68.0 Å². The molecule has 26 heavy (non-hydrogen) atoms. The Bertz CT molecular complexity index is 1070. The summed E-state index contributed by atoms with van der Waals surface area (Å²) in [6.07, 6.45) is 0. The minimum absolute atomic E-state index is 0. The van der Waals surface area contributed by atoms with E-state index in [0.29, 0.717) is 11.7 Å². The van der Waals surface area contributed by atoms with E-state index in [1.807, 2.05) is 35.9 Å². The molecule has 0 aliphatic carbocycles. The predicted molar refractivity (Wildman–Crippen MR) is 113 cm³/mol. The Labute approximate surface area is 166 Å². The molecule has 4 rings (SSSR count). The molecule has 3 aromatic rings. The Morgan fingerprint density at radius 3 is 2.42 bits per heavy atom. The molecule has 132 valence electrons. The molecule has 0 fully saturated rings. The van der Waals surface area contributed by atoms with Crippen LogP contribution in [0.5, 0.6) is 0 Å². The van der Waals surface area contributed by atoms with Gasteiger partial charge in [0.15, 0.2) is 5.84 Å². The number of hydrogen-bond donors (Lipinski definition) is 1. The third-order valence-corrected chi connectivity index (χ3v) is 5.08. The molecular formula is C19H18BrN5S. The van der Waals surface area contributed by atoms with Gasteiger partial charge in [-0.2, -0.15) is 0 Å².